The molecule has 0 saturated heterocycles. The Bertz CT molecular complexity index is 516. The minimum absolute atomic E-state index is 0.252. The zero-order valence-corrected chi connectivity index (χ0v) is 11.6. The van der Waals surface area contributed by atoms with Gasteiger partial charge in [0.05, 0.1) is 5.41 Å². The number of aliphatic hydroxyl groups is 1. The summed E-state index contributed by atoms with van der Waals surface area (Å²) in [6.45, 7) is 5.86. The zero-order chi connectivity index (χ0) is 13.9. The predicted molar refractivity (Wildman–Crippen MR) is 72.7 cm³/mol. The molecule has 0 amide bonds. The molecule has 0 saturated carbocycles. The average molecular weight is 260 g/mol. The lowest BCUT2D eigenvalue weighted by Gasteiger charge is -2.28. The first-order valence-electron chi connectivity index (χ1n) is 6.71. The molecule has 102 valence electrons. The SMILES string of the molecule is CCC(CC)(c1ccccc1)c1noc([C@H](C)O)n1. The van der Waals surface area contributed by atoms with Gasteiger partial charge in [-0.25, -0.2) is 0 Å². The summed E-state index contributed by atoms with van der Waals surface area (Å²) in [6.07, 6.45) is 1.03. The largest absolute Gasteiger partial charge is 0.384 e. The van der Waals surface area contributed by atoms with Crippen LogP contribution in [0.3, 0.4) is 0 Å². The lowest BCUT2D eigenvalue weighted by molar-refractivity contribution is 0.151. The maximum Gasteiger partial charge on any atom is 0.255 e. The van der Waals surface area contributed by atoms with E-state index in [1.165, 1.54) is 5.56 Å². The molecule has 0 aliphatic rings. The second-order valence-corrected chi connectivity index (χ2v) is 4.79. The van der Waals surface area contributed by atoms with Crippen molar-refractivity contribution in [2.24, 2.45) is 0 Å². The van der Waals surface area contributed by atoms with Crippen molar-refractivity contribution in [2.45, 2.75) is 45.1 Å². The highest BCUT2D eigenvalue weighted by Gasteiger charge is 2.35. The summed E-state index contributed by atoms with van der Waals surface area (Å²) in [6, 6.07) is 10.2. The Balaban J connectivity index is 2.49. The molecule has 1 heterocycles. The van der Waals surface area contributed by atoms with Gasteiger partial charge in [-0.3, -0.25) is 0 Å². The Labute approximate surface area is 113 Å². The van der Waals surface area contributed by atoms with Crippen LogP contribution in [0.2, 0.25) is 0 Å². The summed E-state index contributed by atoms with van der Waals surface area (Å²) in [7, 11) is 0. The molecule has 1 aromatic heterocycles. The van der Waals surface area contributed by atoms with E-state index in [9.17, 15) is 5.11 Å². The molecule has 0 unspecified atom stereocenters. The molecule has 2 aromatic rings. The van der Waals surface area contributed by atoms with Crippen LogP contribution in [0.4, 0.5) is 0 Å². The fraction of sp³-hybridized carbons (Fsp3) is 0.467. The maximum atomic E-state index is 9.52. The lowest BCUT2D eigenvalue weighted by Crippen LogP contribution is -2.27. The summed E-state index contributed by atoms with van der Waals surface area (Å²) in [5.74, 6) is 0.928. The Morgan fingerprint density at radius 2 is 1.84 bits per heavy atom. The van der Waals surface area contributed by atoms with E-state index in [0.29, 0.717) is 5.82 Å². The first-order chi connectivity index (χ1) is 9.14. The minimum Gasteiger partial charge on any atom is -0.384 e. The molecule has 0 bridgehead atoms. The first-order valence-corrected chi connectivity index (χ1v) is 6.71. The zero-order valence-electron chi connectivity index (χ0n) is 11.6. The van der Waals surface area contributed by atoms with Crippen molar-refractivity contribution in [2.75, 3.05) is 0 Å². The van der Waals surface area contributed by atoms with Gasteiger partial charge in [0.1, 0.15) is 6.10 Å². The van der Waals surface area contributed by atoms with Gasteiger partial charge in [0.15, 0.2) is 5.82 Å². The summed E-state index contributed by atoms with van der Waals surface area (Å²) >= 11 is 0. The van der Waals surface area contributed by atoms with Crippen molar-refractivity contribution in [3.63, 3.8) is 0 Å². The minimum atomic E-state index is -0.733. The van der Waals surface area contributed by atoms with E-state index in [2.05, 4.69) is 36.1 Å². The predicted octanol–water partition coefficient (Wildman–Crippen LogP) is 3.23. The Hall–Kier alpha value is -1.68. The average Bonchev–Trinajstić information content (AvgIpc) is 2.93. The van der Waals surface area contributed by atoms with Crippen molar-refractivity contribution < 1.29 is 9.63 Å². The molecule has 1 N–H and O–H groups in total. The van der Waals surface area contributed by atoms with Gasteiger partial charge in [-0.15, -0.1) is 0 Å². The van der Waals surface area contributed by atoms with Gasteiger partial charge in [0.2, 0.25) is 0 Å². The fourth-order valence-corrected chi connectivity index (χ4v) is 2.46. The highest BCUT2D eigenvalue weighted by Crippen LogP contribution is 2.37. The van der Waals surface area contributed by atoms with Crippen molar-refractivity contribution in [1.82, 2.24) is 10.1 Å². The molecule has 1 aromatic carbocycles. The molecule has 2 rings (SSSR count). The number of hydrogen-bond donors (Lipinski definition) is 1. The van der Waals surface area contributed by atoms with Crippen LogP contribution in [0.25, 0.3) is 0 Å². The number of hydrogen-bond acceptors (Lipinski definition) is 4. The van der Waals surface area contributed by atoms with Crippen LogP contribution < -0.4 is 0 Å². The van der Waals surface area contributed by atoms with Gasteiger partial charge in [-0.05, 0) is 25.3 Å². The summed E-state index contributed by atoms with van der Waals surface area (Å²) in [5, 5.41) is 13.6. The third-order valence-electron chi connectivity index (χ3n) is 3.76. The molecule has 0 fully saturated rings. The normalized spacial score (nSPS) is 13.5. The van der Waals surface area contributed by atoms with Crippen LogP contribution in [-0.4, -0.2) is 15.2 Å². The van der Waals surface area contributed by atoms with E-state index < -0.39 is 6.10 Å². The number of benzene rings is 1. The third kappa shape index (κ3) is 2.40. The molecule has 4 heteroatoms. The Morgan fingerprint density at radius 3 is 2.32 bits per heavy atom. The second-order valence-electron chi connectivity index (χ2n) is 4.79. The molecule has 1 atom stereocenters. The van der Waals surface area contributed by atoms with Crippen molar-refractivity contribution >= 4 is 0 Å². The van der Waals surface area contributed by atoms with Crippen LogP contribution in [0.15, 0.2) is 34.9 Å². The highest BCUT2D eigenvalue weighted by atomic mass is 16.5. The summed E-state index contributed by atoms with van der Waals surface area (Å²) in [4.78, 5) is 4.37. The van der Waals surface area contributed by atoms with Crippen LogP contribution in [0.1, 0.15) is 57.0 Å². The molecular weight excluding hydrogens is 240 g/mol. The number of rotatable bonds is 5. The van der Waals surface area contributed by atoms with Gasteiger partial charge in [-0.2, -0.15) is 4.98 Å². The standard InChI is InChI=1S/C15H20N2O2/c1-4-15(5-2,12-9-7-6-8-10-12)14-16-13(11(3)18)19-17-14/h6-11,18H,4-5H2,1-3H3/t11-/m0/s1. The van der Waals surface area contributed by atoms with Crippen molar-refractivity contribution in [3.8, 4) is 0 Å². The van der Waals surface area contributed by atoms with Crippen molar-refractivity contribution in [3.05, 3.63) is 47.6 Å². The molecule has 0 aliphatic carbocycles. The molecule has 0 spiro atoms. The second kappa shape index (κ2) is 5.53. The smallest absolute Gasteiger partial charge is 0.255 e. The quantitative estimate of drug-likeness (QED) is 0.896. The topological polar surface area (TPSA) is 59.2 Å². The van der Waals surface area contributed by atoms with Gasteiger partial charge >= 0.3 is 0 Å². The van der Waals surface area contributed by atoms with Crippen LogP contribution in [0.5, 0.6) is 0 Å². The lowest BCUT2D eigenvalue weighted by atomic mass is 9.75. The van der Waals surface area contributed by atoms with E-state index in [1.807, 2.05) is 18.2 Å². The van der Waals surface area contributed by atoms with Gasteiger partial charge in [0, 0.05) is 0 Å². The fourth-order valence-electron chi connectivity index (χ4n) is 2.46. The number of aromatic nitrogens is 2. The maximum absolute atomic E-state index is 9.52. The van der Waals surface area contributed by atoms with E-state index >= 15 is 0 Å². The van der Waals surface area contributed by atoms with E-state index in [1.54, 1.807) is 6.92 Å². The van der Waals surface area contributed by atoms with Crippen LogP contribution >= 0.6 is 0 Å². The molecule has 0 aliphatic heterocycles. The number of nitrogens with zero attached hydrogens (tertiary/aromatic N) is 2. The Morgan fingerprint density at radius 1 is 1.21 bits per heavy atom. The summed E-state index contributed by atoms with van der Waals surface area (Å²) in [5.41, 5.74) is 0.927. The van der Waals surface area contributed by atoms with E-state index in [-0.39, 0.29) is 11.3 Å². The van der Waals surface area contributed by atoms with Gasteiger partial charge in [0.25, 0.3) is 5.89 Å². The van der Waals surface area contributed by atoms with Gasteiger partial charge in [-0.1, -0.05) is 49.3 Å². The highest BCUT2D eigenvalue weighted by molar-refractivity contribution is 5.32. The first kappa shape index (κ1) is 13.7. The van der Waals surface area contributed by atoms with Crippen LogP contribution in [-0.2, 0) is 5.41 Å². The summed E-state index contributed by atoms with van der Waals surface area (Å²) < 4.78 is 5.15. The molecule has 4 nitrogen and oxygen atoms in total. The Kier molecular flexibility index (Phi) is 4.00. The van der Waals surface area contributed by atoms with Crippen molar-refractivity contribution in [1.29, 1.82) is 0 Å². The van der Waals surface area contributed by atoms with Gasteiger partial charge < -0.3 is 9.63 Å². The molecular formula is C15H20N2O2. The molecule has 19 heavy (non-hydrogen) atoms. The van der Waals surface area contributed by atoms with Crippen LogP contribution in [0, 0.1) is 0 Å². The monoisotopic (exact) mass is 260 g/mol. The third-order valence-corrected chi connectivity index (χ3v) is 3.76. The van der Waals surface area contributed by atoms with E-state index in [4.69, 9.17) is 4.52 Å². The number of aliphatic hydroxyl groups excluding tert-OH is 1. The molecule has 0 radical (unpaired) electrons. The van der Waals surface area contributed by atoms with E-state index in [0.717, 1.165) is 12.8 Å².